The van der Waals surface area contributed by atoms with Gasteiger partial charge in [0.1, 0.15) is 5.75 Å². The Balaban J connectivity index is 1.97. The zero-order valence-electron chi connectivity index (χ0n) is 12.1. The first-order valence-electron chi connectivity index (χ1n) is 6.90. The molecule has 0 bridgehead atoms. The number of halogens is 1. The van der Waals surface area contributed by atoms with Gasteiger partial charge in [-0.25, -0.2) is 0 Å². The number of amides is 1. The summed E-state index contributed by atoms with van der Waals surface area (Å²) in [6, 6.07) is 15.2. The minimum atomic E-state index is -0.555. The molecular weight excluding hydrogens is 330 g/mol. The molecule has 1 N–H and O–H groups in total. The predicted octanol–water partition coefficient (Wildman–Crippen LogP) is 4.42. The SMILES string of the molecule is CCc1cccc(OC(C)C(=O)Nc2ccc(Br)cc2)c1. The molecule has 0 heterocycles. The average molecular weight is 348 g/mol. The fourth-order valence-corrected chi connectivity index (χ4v) is 2.14. The Hall–Kier alpha value is -1.81. The molecule has 0 aliphatic carbocycles. The maximum atomic E-state index is 12.1. The normalized spacial score (nSPS) is 11.8. The number of ether oxygens (including phenoxy) is 1. The smallest absolute Gasteiger partial charge is 0.265 e. The van der Waals surface area contributed by atoms with Crippen LogP contribution in [0.3, 0.4) is 0 Å². The zero-order chi connectivity index (χ0) is 15.2. The third-order valence-electron chi connectivity index (χ3n) is 3.10. The number of anilines is 1. The average Bonchev–Trinajstić information content (AvgIpc) is 2.49. The van der Waals surface area contributed by atoms with Crippen molar-refractivity contribution < 1.29 is 9.53 Å². The molecule has 2 aromatic carbocycles. The zero-order valence-corrected chi connectivity index (χ0v) is 13.7. The van der Waals surface area contributed by atoms with E-state index < -0.39 is 6.10 Å². The molecule has 1 unspecified atom stereocenters. The van der Waals surface area contributed by atoms with Gasteiger partial charge in [0.25, 0.3) is 5.91 Å². The van der Waals surface area contributed by atoms with Crippen LogP contribution in [-0.4, -0.2) is 12.0 Å². The summed E-state index contributed by atoms with van der Waals surface area (Å²) < 4.78 is 6.67. The van der Waals surface area contributed by atoms with Gasteiger partial charge in [-0.15, -0.1) is 0 Å². The highest BCUT2D eigenvalue weighted by molar-refractivity contribution is 9.10. The van der Waals surface area contributed by atoms with Gasteiger partial charge in [-0.05, 0) is 55.3 Å². The highest BCUT2D eigenvalue weighted by Crippen LogP contribution is 2.17. The molecule has 110 valence electrons. The molecule has 0 aromatic heterocycles. The van der Waals surface area contributed by atoms with Gasteiger partial charge in [0, 0.05) is 10.2 Å². The quantitative estimate of drug-likeness (QED) is 0.869. The second-order valence-corrected chi connectivity index (χ2v) is 5.67. The molecule has 0 fully saturated rings. The van der Waals surface area contributed by atoms with Crippen molar-refractivity contribution in [3.63, 3.8) is 0 Å². The maximum absolute atomic E-state index is 12.1. The van der Waals surface area contributed by atoms with Gasteiger partial charge in [0.05, 0.1) is 0 Å². The van der Waals surface area contributed by atoms with Gasteiger partial charge in [0.2, 0.25) is 0 Å². The summed E-state index contributed by atoms with van der Waals surface area (Å²) in [6.07, 6.45) is 0.386. The van der Waals surface area contributed by atoms with E-state index in [1.807, 2.05) is 48.5 Å². The molecule has 2 aromatic rings. The number of aryl methyl sites for hydroxylation is 1. The Bertz CT molecular complexity index is 610. The van der Waals surface area contributed by atoms with Crippen molar-refractivity contribution in [3.8, 4) is 5.75 Å². The van der Waals surface area contributed by atoms with Gasteiger partial charge in [-0.1, -0.05) is 35.0 Å². The molecule has 4 heteroatoms. The fourth-order valence-electron chi connectivity index (χ4n) is 1.87. The van der Waals surface area contributed by atoms with Crippen LogP contribution in [0.15, 0.2) is 53.0 Å². The molecule has 0 aliphatic rings. The Labute approximate surface area is 133 Å². The van der Waals surface area contributed by atoms with Crippen molar-refractivity contribution in [1.82, 2.24) is 0 Å². The molecule has 1 atom stereocenters. The van der Waals surface area contributed by atoms with Gasteiger partial charge in [-0.3, -0.25) is 4.79 Å². The van der Waals surface area contributed by atoms with E-state index in [9.17, 15) is 4.79 Å². The summed E-state index contributed by atoms with van der Waals surface area (Å²) >= 11 is 3.36. The van der Waals surface area contributed by atoms with Gasteiger partial charge < -0.3 is 10.1 Å². The van der Waals surface area contributed by atoms with E-state index in [2.05, 4.69) is 28.2 Å². The van der Waals surface area contributed by atoms with Crippen LogP contribution in [0.4, 0.5) is 5.69 Å². The van der Waals surface area contributed by atoms with Crippen molar-refractivity contribution in [2.75, 3.05) is 5.32 Å². The molecule has 0 aliphatic heterocycles. The van der Waals surface area contributed by atoms with E-state index in [0.29, 0.717) is 5.75 Å². The number of rotatable bonds is 5. The summed E-state index contributed by atoms with van der Waals surface area (Å²) in [5.41, 5.74) is 1.94. The lowest BCUT2D eigenvalue weighted by Gasteiger charge is -2.15. The summed E-state index contributed by atoms with van der Waals surface area (Å²) in [5, 5.41) is 2.83. The lowest BCUT2D eigenvalue weighted by atomic mass is 10.2. The number of carbonyl (C=O) groups excluding carboxylic acids is 1. The van der Waals surface area contributed by atoms with E-state index in [4.69, 9.17) is 4.74 Å². The van der Waals surface area contributed by atoms with Crippen molar-refractivity contribution in [3.05, 3.63) is 58.6 Å². The predicted molar refractivity (Wildman–Crippen MR) is 88.7 cm³/mol. The molecule has 2 rings (SSSR count). The second-order valence-electron chi connectivity index (χ2n) is 4.76. The number of nitrogens with one attached hydrogen (secondary N) is 1. The topological polar surface area (TPSA) is 38.3 Å². The molecule has 1 amide bonds. The van der Waals surface area contributed by atoms with E-state index in [1.54, 1.807) is 6.92 Å². The Morgan fingerprint density at radius 1 is 1.24 bits per heavy atom. The summed E-state index contributed by atoms with van der Waals surface area (Å²) in [5.74, 6) is 0.548. The summed E-state index contributed by atoms with van der Waals surface area (Å²) in [7, 11) is 0. The Kier molecular flexibility index (Phi) is 5.39. The fraction of sp³-hybridized carbons (Fsp3) is 0.235. The molecule has 0 spiro atoms. The van der Waals surface area contributed by atoms with Gasteiger partial charge in [-0.2, -0.15) is 0 Å². The molecule has 3 nitrogen and oxygen atoms in total. The molecule has 0 saturated heterocycles. The van der Waals surface area contributed by atoms with Crippen LogP contribution in [-0.2, 0) is 11.2 Å². The van der Waals surface area contributed by atoms with Crippen molar-refractivity contribution >= 4 is 27.5 Å². The van der Waals surface area contributed by atoms with Crippen LogP contribution in [0, 0.1) is 0 Å². The maximum Gasteiger partial charge on any atom is 0.265 e. The third-order valence-corrected chi connectivity index (χ3v) is 3.63. The number of benzene rings is 2. The number of carbonyl (C=O) groups is 1. The summed E-state index contributed by atoms with van der Waals surface area (Å²) in [4.78, 5) is 12.1. The lowest BCUT2D eigenvalue weighted by molar-refractivity contribution is -0.122. The summed E-state index contributed by atoms with van der Waals surface area (Å²) in [6.45, 7) is 3.83. The van der Waals surface area contributed by atoms with Crippen LogP contribution < -0.4 is 10.1 Å². The standard InChI is InChI=1S/C17H18BrNO2/c1-3-13-5-4-6-16(11-13)21-12(2)17(20)19-15-9-7-14(18)8-10-15/h4-12H,3H2,1-2H3,(H,19,20). The molecular formula is C17H18BrNO2. The minimum Gasteiger partial charge on any atom is -0.481 e. The number of hydrogen-bond acceptors (Lipinski definition) is 2. The van der Waals surface area contributed by atoms with Gasteiger partial charge in [0.15, 0.2) is 6.10 Å². The van der Waals surface area contributed by atoms with E-state index >= 15 is 0 Å². The van der Waals surface area contributed by atoms with Crippen LogP contribution in [0.2, 0.25) is 0 Å². The molecule has 21 heavy (non-hydrogen) atoms. The number of hydrogen-bond donors (Lipinski definition) is 1. The molecule has 0 radical (unpaired) electrons. The van der Waals surface area contributed by atoms with E-state index in [1.165, 1.54) is 5.56 Å². The van der Waals surface area contributed by atoms with Crippen LogP contribution in [0.5, 0.6) is 5.75 Å². The monoisotopic (exact) mass is 347 g/mol. The first-order valence-corrected chi connectivity index (χ1v) is 7.70. The first kappa shape index (κ1) is 15.6. The van der Waals surface area contributed by atoms with Crippen LogP contribution >= 0.6 is 15.9 Å². The Morgan fingerprint density at radius 2 is 1.95 bits per heavy atom. The lowest BCUT2D eigenvalue weighted by Crippen LogP contribution is -2.30. The van der Waals surface area contributed by atoms with Crippen molar-refractivity contribution in [2.45, 2.75) is 26.4 Å². The molecule has 0 saturated carbocycles. The first-order chi connectivity index (χ1) is 10.1. The van der Waals surface area contributed by atoms with Crippen LogP contribution in [0.1, 0.15) is 19.4 Å². The highest BCUT2D eigenvalue weighted by atomic mass is 79.9. The third kappa shape index (κ3) is 4.60. The second kappa shape index (κ2) is 7.27. The highest BCUT2D eigenvalue weighted by Gasteiger charge is 2.14. The van der Waals surface area contributed by atoms with Crippen LogP contribution in [0.25, 0.3) is 0 Å². The van der Waals surface area contributed by atoms with E-state index in [0.717, 1.165) is 16.6 Å². The van der Waals surface area contributed by atoms with Crippen molar-refractivity contribution in [2.24, 2.45) is 0 Å². The van der Waals surface area contributed by atoms with Crippen molar-refractivity contribution in [1.29, 1.82) is 0 Å². The Morgan fingerprint density at radius 3 is 2.62 bits per heavy atom. The largest absolute Gasteiger partial charge is 0.481 e. The minimum absolute atomic E-state index is 0.167. The van der Waals surface area contributed by atoms with Gasteiger partial charge >= 0.3 is 0 Å². The van der Waals surface area contributed by atoms with E-state index in [-0.39, 0.29) is 5.91 Å².